The van der Waals surface area contributed by atoms with Crippen LogP contribution in [0.25, 0.3) is 0 Å². The zero-order valence-electron chi connectivity index (χ0n) is 13.9. The Balaban J connectivity index is 1.96. The molecular formula is C17H25NO3S2. The van der Waals surface area contributed by atoms with Crippen LogP contribution in [-0.2, 0) is 14.6 Å². The normalized spacial score (nSPS) is 17.4. The first-order valence-corrected chi connectivity index (χ1v) is 10.6. The van der Waals surface area contributed by atoms with Crippen LogP contribution in [0, 0.1) is 0 Å². The largest absolute Gasteiger partial charge is 0.325 e. The first-order chi connectivity index (χ1) is 10.8. The van der Waals surface area contributed by atoms with E-state index in [0.29, 0.717) is 10.9 Å². The van der Waals surface area contributed by atoms with Crippen molar-refractivity contribution in [3.63, 3.8) is 0 Å². The molecule has 0 aliphatic heterocycles. The summed E-state index contributed by atoms with van der Waals surface area (Å²) >= 11 is 1.88. The van der Waals surface area contributed by atoms with E-state index < -0.39 is 26.2 Å². The molecule has 2 rings (SSSR count). The van der Waals surface area contributed by atoms with Gasteiger partial charge in [-0.05, 0) is 57.9 Å². The van der Waals surface area contributed by atoms with E-state index in [1.807, 2.05) is 36.0 Å². The van der Waals surface area contributed by atoms with Crippen molar-refractivity contribution in [2.75, 3.05) is 5.32 Å². The van der Waals surface area contributed by atoms with E-state index in [2.05, 4.69) is 5.32 Å². The number of sulfone groups is 1. The fourth-order valence-corrected chi connectivity index (χ4v) is 5.04. The van der Waals surface area contributed by atoms with Gasteiger partial charge in [-0.25, -0.2) is 8.42 Å². The summed E-state index contributed by atoms with van der Waals surface area (Å²) in [5.74, 6) is -0.477. The molecule has 4 nitrogen and oxygen atoms in total. The van der Waals surface area contributed by atoms with Crippen LogP contribution in [0.2, 0.25) is 0 Å². The smallest absolute Gasteiger partial charge is 0.242 e. The summed E-state index contributed by atoms with van der Waals surface area (Å²) in [4.78, 5) is 13.3. The minimum Gasteiger partial charge on any atom is -0.325 e. The van der Waals surface area contributed by atoms with Gasteiger partial charge < -0.3 is 5.32 Å². The number of thioether (sulfide) groups is 1. The van der Waals surface area contributed by atoms with E-state index in [0.717, 1.165) is 0 Å². The third-order valence-corrected chi connectivity index (χ3v) is 8.11. The van der Waals surface area contributed by atoms with Crippen LogP contribution in [0.5, 0.6) is 0 Å². The highest BCUT2D eigenvalue weighted by molar-refractivity contribution is 8.00. The highest BCUT2D eigenvalue weighted by atomic mass is 32.2. The van der Waals surface area contributed by atoms with Crippen molar-refractivity contribution >= 4 is 33.2 Å². The van der Waals surface area contributed by atoms with E-state index in [4.69, 9.17) is 0 Å². The lowest BCUT2D eigenvalue weighted by Gasteiger charge is -2.16. The fraction of sp³-hybridized carbons (Fsp3) is 0.588. The van der Waals surface area contributed by atoms with Crippen LogP contribution in [0.4, 0.5) is 5.69 Å². The maximum Gasteiger partial charge on any atom is 0.242 e. The Morgan fingerprint density at radius 1 is 1.13 bits per heavy atom. The van der Waals surface area contributed by atoms with Gasteiger partial charge in [-0.2, -0.15) is 0 Å². The van der Waals surface area contributed by atoms with E-state index in [9.17, 15) is 13.2 Å². The topological polar surface area (TPSA) is 63.2 Å². The Hall–Kier alpha value is -1.01. The Morgan fingerprint density at radius 3 is 2.22 bits per heavy atom. The molecule has 1 aliphatic carbocycles. The molecule has 1 atom stereocenters. The van der Waals surface area contributed by atoms with Crippen molar-refractivity contribution in [3.8, 4) is 0 Å². The summed E-state index contributed by atoms with van der Waals surface area (Å²) in [6.45, 7) is 4.62. The van der Waals surface area contributed by atoms with Crippen molar-refractivity contribution in [3.05, 3.63) is 24.3 Å². The van der Waals surface area contributed by atoms with Crippen LogP contribution < -0.4 is 5.32 Å². The van der Waals surface area contributed by atoms with Crippen molar-refractivity contribution in [1.29, 1.82) is 0 Å². The van der Waals surface area contributed by atoms with Gasteiger partial charge in [-0.3, -0.25) is 4.79 Å². The molecule has 0 saturated heterocycles. The standard InChI is InChI=1S/C17H25NO3S2/c1-12(2)23(20,21)13(3)17(19)18-14-8-10-16(11-9-14)22-15-6-4-5-7-15/h8-13,15H,4-7H2,1-3H3,(H,18,19). The number of amides is 1. The molecule has 1 unspecified atom stereocenters. The second-order valence-electron chi connectivity index (χ2n) is 6.32. The number of carbonyl (C=O) groups is 1. The van der Waals surface area contributed by atoms with Gasteiger partial charge in [0, 0.05) is 15.8 Å². The van der Waals surface area contributed by atoms with Gasteiger partial charge in [0.2, 0.25) is 5.91 Å². The monoisotopic (exact) mass is 355 g/mol. The maximum absolute atomic E-state index is 12.1. The summed E-state index contributed by atoms with van der Waals surface area (Å²) < 4.78 is 24.1. The van der Waals surface area contributed by atoms with E-state index >= 15 is 0 Å². The molecule has 1 saturated carbocycles. The Kier molecular flexibility index (Phi) is 6.14. The molecule has 1 N–H and O–H groups in total. The van der Waals surface area contributed by atoms with Gasteiger partial charge in [0.25, 0.3) is 0 Å². The van der Waals surface area contributed by atoms with Crippen LogP contribution >= 0.6 is 11.8 Å². The van der Waals surface area contributed by atoms with Crippen molar-refractivity contribution in [1.82, 2.24) is 0 Å². The lowest BCUT2D eigenvalue weighted by Crippen LogP contribution is -2.36. The molecule has 0 aromatic heterocycles. The Morgan fingerprint density at radius 2 is 1.70 bits per heavy atom. The number of hydrogen-bond donors (Lipinski definition) is 1. The van der Waals surface area contributed by atoms with Crippen molar-refractivity contribution in [2.45, 2.75) is 67.1 Å². The molecule has 0 radical (unpaired) electrons. The predicted molar refractivity (Wildman–Crippen MR) is 96.7 cm³/mol. The van der Waals surface area contributed by atoms with E-state index in [1.165, 1.54) is 37.5 Å². The summed E-state index contributed by atoms with van der Waals surface area (Å²) in [7, 11) is -3.44. The molecule has 1 aliphatic rings. The van der Waals surface area contributed by atoms with Crippen LogP contribution in [0.15, 0.2) is 29.2 Å². The number of benzene rings is 1. The Bertz CT molecular complexity index is 632. The number of rotatable bonds is 6. The molecular weight excluding hydrogens is 330 g/mol. The predicted octanol–water partition coefficient (Wildman–Crippen LogP) is 3.87. The first kappa shape index (κ1) is 18.3. The van der Waals surface area contributed by atoms with E-state index in [1.54, 1.807) is 13.8 Å². The van der Waals surface area contributed by atoms with Gasteiger partial charge in [-0.1, -0.05) is 12.8 Å². The molecule has 1 aromatic rings. The average Bonchev–Trinajstić information content (AvgIpc) is 3.01. The minimum atomic E-state index is -3.44. The lowest BCUT2D eigenvalue weighted by atomic mass is 10.3. The first-order valence-electron chi connectivity index (χ1n) is 8.11. The van der Waals surface area contributed by atoms with Gasteiger partial charge in [0.05, 0.1) is 5.25 Å². The highest BCUT2D eigenvalue weighted by Crippen LogP contribution is 2.34. The van der Waals surface area contributed by atoms with Crippen molar-refractivity contribution < 1.29 is 13.2 Å². The summed E-state index contributed by atoms with van der Waals surface area (Å²) in [6, 6.07) is 7.65. The maximum atomic E-state index is 12.1. The second kappa shape index (κ2) is 7.71. The third kappa shape index (κ3) is 4.73. The fourth-order valence-electron chi connectivity index (χ4n) is 2.62. The van der Waals surface area contributed by atoms with Gasteiger partial charge in [-0.15, -0.1) is 11.8 Å². The molecule has 1 amide bonds. The lowest BCUT2D eigenvalue weighted by molar-refractivity contribution is -0.115. The third-order valence-electron chi connectivity index (χ3n) is 4.25. The minimum absolute atomic E-state index is 0.477. The van der Waals surface area contributed by atoms with E-state index in [-0.39, 0.29) is 0 Å². The number of nitrogens with one attached hydrogen (secondary N) is 1. The number of hydrogen-bond acceptors (Lipinski definition) is 4. The molecule has 1 aromatic carbocycles. The summed E-state index contributed by atoms with van der Waals surface area (Å²) in [6.07, 6.45) is 5.17. The Labute approximate surface area is 143 Å². The molecule has 0 heterocycles. The van der Waals surface area contributed by atoms with Crippen LogP contribution in [0.1, 0.15) is 46.5 Å². The van der Waals surface area contributed by atoms with Crippen LogP contribution in [-0.4, -0.2) is 30.1 Å². The summed E-state index contributed by atoms with van der Waals surface area (Å²) in [5.41, 5.74) is 0.636. The molecule has 128 valence electrons. The number of carbonyl (C=O) groups excluding carboxylic acids is 1. The quantitative estimate of drug-likeness (QED) is 0.841. The highest BCUT2D eigenvalue weighted by Gasteiger charge is 2.30. The molecule has 1 fully saturated rings. The van der Waals surface area contributed by atoms with Gasteiger partial charge >= 0.3 is 0 Å². The zero-order valence-corrected chi connectivity index (χ0v) is 15.5. The second-order valence-corrected chi connectivity index (χ2v) is 10.5. The summed E-state index contributed by atoms with van der Waals surface area (Å²) in [5, 5.41) is 1.79. The SMILES string of the molecule is CC(C)S(=O)(=O)C(C)C(=O)Nc1ccc(SC2CCCC2)cc1. The van der Waals surface area contributed by atoms with Gasteiger partial charge in [0.15, 0.2) is 9.84 Å². The molecule has 0 spiro atoms. The molecule has 6 heteroatoms. The van der Waals surface area contributed by atoms with Gasteiger partial charge in [0.1, 0.15) is 5.25 Å². The zero-order chi connectivity index (χ0) is 17.0. The molecule has 0 bridgehead atoms. The van der Waals surface area contributed by atoms with Crippen molar-refractivity contribution in [2.24, 2.45) is 0 Å². The average molecular weight is 356 g/mol. The number of anilines is 1. The van der Waals surface area contributed by atoms with Crippen LogP contribution in [0.3, 0.4) is 0 Å². The molecule has 23 heavy (non-hydrogen) atoms.